The van der Waals surface area contributed by atoms with E-state index in [-0.39, 0.29) is 24.6 Å². The molecule has 0 saturated carbocycles. The summed E-state index contributed by atoms with van der Waals surface area (Å²) < 4.78 is 50.2. The number of carbonyl (C=O) groups is 1. The van der Waals surface area contributed by atoms with Crippen molar-refractivity contribution in [3.05, 3.63) is 29.8 Å². The van der Waals surface area contributed by atoms with E-state index in [1.54, 1.807) is 19.2 Å². The molecule has 1 aromatic carbocycles. The van der Waals surface area contributed by atoms with Gasteiger partial charge in [0.15, 0.2) is 0 Å². The zero-order valence-corrected chi connectivity index (χ0v) is 13.1. The fraction of sp³-hybridized carbons (Fsp3) is 0.462. The molecule has 0 heterocycles. The number of hydrogen-bond acceptors (Lipinski definition) is 4. The predicted molar refractivity (Wildman–Crippen MR) is 77.7 cm³/mol. The van der Waals surface area contributed by atoms with Crippen molar-refractivity contribution < 1.29 is 26.7 Å². The predicted octanol–water partition coefficient (Wildman–Crippen LogP) is 1.47. The number of alkyl halides is 2. The number of rotatable bonds is 7. The Labute approximate surface area is 128 Å². The van der Waals surface area contributed by atoms with Crippen molar-refractivity contribution in [2.24, 2.45) is 0 Å². The summed E-state index contributed by atoms with van der Waals surface area (Å²) >= 11 is 0. The standard InChI is InChI=1S/C13H18F2N2O4S/c1-17(13(18)16-7-8-22(2,19)20)9-10-3-5-11(6-4-10)21-12(14)15/h3-6,12H,7-9H2,1-2H3,(H,16,18). The molecule has 0 atom stereocenters. The van der Waals surface area contributed by atoms with Crippen LogP contribution in [0.1, 0.15) is 5.56 Å². The maximum Gasteiger partial charge on any atom is 0.387 e. The normalized spacial score (nSPS) is 11.3. The van der Waals surface area contributed by atoms with Crippen molar-refractivity contribution in [2.45, 2.75) is 13.2 Å². The lowest BCUT2D eigenvalue weighted by molar-refractivity contribution is -0.0498. The quantitative estimate of drug-likeness (QED) is 0.818. The van der Waals surface area contributed by atoms with E-state index in [9.17, 15) is 22.0 Å². The highest BCUT2D eigenvalue weighted by Crippen LogP contribution is 2.15. The molecule has 0 unspecified atom stereocenters. The summed E-state index contributed by atoms with van der Waals surface area (Å²) in [5, 5.41) is 2.48. The van der Waals surface area contributed by atoms with Gasteiger partial charge in [0.05, 0.1) is 5.75 Å². The second kappa shape index (κ2) is 7.92. The molecule has 6 nitrogen and oxygen atoms in total. The molecule has 0 radical (unpaired) electrons. The van der Waals surface area contributed by atoms with Gasteiger partial charge in [0.2, 0.25) is 0 Å². The number of halogens is 2. The molecule has 1 rings (SSSR count). The van der Waals surface area contributed by atoms with Crippen LogP contribution < -0.4 is 10.1 Å². The molecule has 0 spiro atoms. The molecule has 124 valence electrons. The molecule has 0 aromatic heterocycles. The lowest BCUT2D eigenvalue weighted by Gasteiger charge is -2.18. The highest BCUT2D eigenvalue weighted by Gasteiger charge is 2.10. The van der Waals surface area contributed by atoms with E-state index in [1.165, 1.54) is 17.0 Å². The van der Waals surface area contributed by atoms with Gasteiger partial charge in [0.25, 0.3) is 0 Å². The number of sulfone groups is 1. The molecule has 1 aromatic rings. The Morgan fingerprint density at radius 1 is 1.32 bits per heavy atom. The van der Waals surface area contributed by atoms with Crippen molar-refractivity contribution in [3.8, 4) is 5.75 Å². The second-order valence-electron chi connectivity index (χ2n) is 4.74. The molecule has 0 aliphatic rings. The fourth-order valence-electron chi connectivity index (χ4n) is 1.60. The van der Waals surface area contributed by atoms with Crippen molar-refractivity contribution >= 4 is 15.9 Å². The minimum atomic E-state index is -3.13. The first-order valence-corrected chi connectivity index (χ1v) is 8.44. The Morgan fingerprint density at radius 2 is 1.91 bits per heavy atom. The van der Waals surface area contributed by atoms with Gasteiger partial charge < -0.3 is 15.0 Å². The van der Waals surface area contributed by atoms with Gasteiger partial charge >= 0.3 is 12.6 Å². The van der Waals surface area contributed by atoms with Crippen molar-refractivity contribution in [2.75, 3.05) is 25.6 Å². The van der Waals surface area contributed by atoms with Crippen LogP contribution in [0.25, 0.3) is 0 Å². The third-order valence-corrected chi connectivity index (χ3v) is 3.61. The Morgan fingerprint density at radius 3 is 2.41 bits per heavy atom. The molecule has 2 amide bonds. The van der Waals surface area contributed by atoms with Crippen LogP contribution in [-0.4, -0.2) is 51.6 Å². The van der Waals surface area contributed by atoms with Crippen LogP contribution in [-0.2, 0) is 16.4 Å². The van der Waals surface area contributed by atoms with Gasteiger partial charge in [-0.3, -0.25) is 0 Å². The minimum absolute atomic E-state index is 0.0309. The number of nitrogens with zero attached hydrogens (tertiary/aromatic N) is 1. The molecule has 0 saturated heterocycles. The molecular formula is C13H18F2N2O4S. The largest absolute Gasteiger partial charge is 0.435 e. The summed E-state index contributed by atoms with van der Waals surface area (Å²) in [6, 6.07) is 5.49. The summed E-state index contributed by atoms with van der Waals surface area (Å²) in [7, 11) is -1.59. The third-order valence-electron chi connectivity index (χ3n) is 2.66. The van der Waals surface area contributed by atoms with Crippen LogP contribution in [0.4, 0.5) is 13.6 Å². The minimum Gasteiger partial charge on any atom is -0.435 e. The number of carbonyl (C=O) groups excluding carboxylic acids is 1. The van der Waals surface area contributed by atoms with Crippen molar-refractivity contribution in [1.29, 1.82) is 0 Å². The summed E-state index contributed by atoms with van der Waals surface area (Å²) in [5.74, 6) is -0.0919. The van der Waals surface area contributed by atoms with E-state index in [0.29, 0.717) is 0 Å². The van der Waals surface area contributed by atoms with Crippen molar-refractivity contribution in [3.63, 3.8) is 0 Å². The fourth-order valence-corrected chi connectivity index (χ4v) is 2.07. The van der Waals surface area contributed by atoms with Gasteiger partial charge in [-0.2, -0.15) is 8.78 Å². The summed E-state index contributed by atoms with van der Waals surface area (Å²) in [6.07, 6.45) is 1.09. The Hall–Kier alpha value is -1.90. The number of urea groups is 1. The van der Waals surface area contributed by atoms with Crippen LogP contribution in [0, 0.1) is 0 Å². The first kappa shape index (κ1) is 18.1. The molecule has 22 heavy (non-hydrogen) atoms. The molecule has 9 heteroatoms. The first-order chi connectivity index (χ1) is 10.2. The maximum atomic E-state index is 12.0. The Kier molecular flexibility index (Phi) is 6.54. The van der Waals surface area contributed by atoms with Gasteiger partial charge in [0, 0.05) is 26.4 Å². The Bertz CT molecular complexity index is 591. The number of ether oxygens (including phenoxy) is 1. The van der Waals surface area contributed by atoms with Gasteiger partial charge in [-0.05, 0) is 17.7 Å². The number of nitrogens with one attached hydrogen (secondary N) is 1. The van der Waals surface area contributed by atoms with E-state index in [2.05, 4.69) is 10.1 Å². The lowest BCUT2D eigenvalue weighted by Crippen LogP contribution is -2.38. The smallest absolute Gasteiger partial charge is 0.387 e. The summed E-state index contributed by atoms with van der Waals surface area (Å²) in [4.78, 5) is 13.1. The van der Waals surface area contributed by atoms with Gasteiger partial charge in [-0.15, -0.1) is 0 Å². The van der Waals surface area contributed by atoms with Crippen LogP contribution in [0.2, 0.25) is 0 Å². The zero-order valence-electron chi connectivity index (χ0n) is 12.3. The highest BCUT2D eigenvalue weighted by molar-refractivity contribution is 7.90. The maximum absolute atomic E-state index is 12.0. The zero-order chi connectivity index (χ0) is 16.8. The average molecular weight is 336 g/mol. The average Bonchev–Trinajstić information content (AvgIpc) is 2.38. The SMILES string of the molecule is CN(Cc1ccc(OC(F)F)cc1)C(=O)NCCS(C)(=O)=O. The molecule has 0 fully saturated rings. The number of amides is 2. The van der Waals surface area contributed by atoms with Crippen LogP contribution in [0.5, 0.6) is 5.75 Å². The lowest BCUT2D eigenvalue weighted by atomic mass is 10.2. The third kappa shape index (κ3) is 7.21. The molecule has 0 aliphatic carbocycles. The second-order valence-corrected chi connectivity index (χ2v) is 7.00. The Balaban J connectivity index is 2.46. The van der Waals surface area contributed by atoms with E-state index in [4.69, 9.17) is 0 Å². The number of benzene rings is 1. The topological polar surface area (TPSA) is 75.7 Å². The molecule has 0 bridgehead atoms. The van der Waals surface area contributed by atoms with Crippen LogP contribution >= 0.6 is 0 Å². The van der Waals surface area contributed by atoms with Crippen LogP contribution in [0.3, 0.4) is 0 Å². The first-order valence-electron chi connectivity index (χ1n) is 6.38. The molecular weight excluding hydrogens is 318 g/mol. The highest BCUT2D eigenvalue weighted by atomic mass is 32.2. The van der Waals surface area contributed by atoms with Gasteiger partial charge in [-0.1, -0.05) is 12.1 Å². The van der Waals surface area contributed by atoms with E-state index < -0.39 is 22.5 Å². The monoisotopic (exact) mass is 336 g/mol. The van der Waals surface area contributed by atoms with Crippen molar-refractivity contribution in [1.82, 2.24) is 10.2 Å². The van der Waals surface area contributed by atoms with Crippen LogP contribution in [0.15, 0.2) is 24.3 Å². The van der Waals surface area contributed by atoms with E-state index >= 15 is 0 Å². The summed E-state index contributed by atoms with van der Waals surface area (Å²) in [6.45, 7) is -2.60. The number of hydrogen-bond donors (Lipinski definition) is 1. The molecule has 0 aliphatic heterocycles. The van der Waals surface area contributed by atoms with Gasteiger partial charge in [-0.25, -0.2) is 13.2 Å². The van der Waals surface area contributed by atoms with E-state index in [1.807, 2.05) is 0 Å². The van der Waals surface area contributed by atoms with Gasteiger partial charge in [0.1, 0.15) is 15.6 Å². The summed E-state index contributed by atoms with van der Waals surface area (Å²) in [5.41, 5.74) is 0.724. The van der Waals surface area contributed by atoms with E-state index in [0.717, 1.165) is 11.8 Å². The molecule has 1 N–H and O–H groups in total.